The number of pyridine rings is 1. The molecule has 5 rings (SSSR count). The highest BCUT2D eigenvalue weighted by Gasteiger charge is 2.14. The minimum absolute atomic E-state index is 0.226. The molecule has 30 heavy (non-hydrogen) atoms. The van der Waals surface area contributed by atoms with Crippen LogP contribution in [0.15, 0.2) is 91.3 Å². The largest absolute Gasteiger partial charge is 0.320 e. The van der Waals surface area contributed by atoms with Crippen molar-refractivity contribution in [3.8, 4) is 11.4 Å². The second-order valence-corrected chi connectivity index (χ2v) is 6.83. The van der Waals surface area contributed by atoms with Crippen LogP contribution in [0.5, 0.6) is 0 Å². The lowest BCUT2D eigenvalue weighted by Gasteiger charge is -2.08. The van der Waals surface area contributed by atoms with Crippen LogP contribution in [0.3, 0.4) is 0 Å². The number of carbonyl (C=O) groups is 1. The molecular weight excluding hydrogens is 376 g/mol. The number of carbonyl (C=O) groups excluding carboxylic acids is 1. The molecule has 7 nitrogen and oxygen atoms in total. The summed E-state index contributed by atoms with van der Waals surface area (Å²) in [6.45, 7) is 0.528. The fourth-order valence-corrected chi connectivity index (χ4v) is 3.27. The summed E-state index contributed by atoms with van der Waals surface area (Å²) in [7, 11) is 0. The summed E-state index contributed by atoms with van der Waals surface area (Å²) in [6.07, 6.45) is 3.41. The first-order valence-corrected chi connectivity index (χ1v) is 9.55. The van der Waals surface area contributed by atoms with E-state index in [2.05, 4.69) is 20.5 Å². The topological polar surface area (TPSA) is 77.1 Å². The van der Waals surface area contributed by atoms with Gasteiger partial charge in [-0.15, -0.1) is 5.10 Å². The molecule has 0 aliphatic heterocycles. The van der Waals surface area contributed by atoms with E-state index in [-0.39, 0.29) is 5.91 Å². The van der Waals surface area contributed by atoms with Crippen LogP contribution < -0.4 is 5.32 Å². The van der Waals surface area contributed by atoms with E-state index in [0.717, 1.165) is 11.1 Å². The Hall–Kier alpha value is -4.26. The molecule has 0 spiro atoms. The molecule has 7 heteroatoms. The standard InChI is InChI=1S/C23H18N6O/c30-23(20-11-13-24-29(20)16-17-7-3-1-4-8-17)25-19-12-14-28-21(15-19)26-22(27-28)18-9-5-2-6-10-18/h1-15H,16H2,(H,25,30). The first kappa shape index (κ1) is 17.8. The highest BCUT2D eigenvalue weighted by Crippen LogP contribution is 2.18. The van der Waals surface area contributed by atoms with Gasteiger partial charge in [0.1, 0.15) is 5.69 Å². The number of nitrogens with zero attached hydrogens (tertiary/aromatic N) is 5. The van der Waals surface area contributed by atoms with Crippen molar-refractivity contribution in [2.75, 3.05) is 5.32 Å². The van der Waals surface area contributed by atoms with Crippen molar-refractivity contribution in [2.45, 2.75) is 6.54 Å². The van der Waals surface area contributed by atoms with Crippen LogP contribution in [-0.2, 0) is 6.54 Å². The summed E-state index contributed by atoms with van der Waals surface area (Å²) in [5, 5.41) is 11.7. The molecule has 2 aromatic carbocycles. The van der Waals surface area contributed by atoms with Crippen molar-refractivity contribution >= 4 is 17.2 Å². The molecule has 146 valence electrons. The van der Waals surface area contributed by atoms with E-state index in [9.17, 15) is 4.79 Å². The van der Waals surface area contributed by atoms with Gasteiger partial charge in [0.2, 0.25) is 0 Å². The molecule has 0 fully saturated rings. The molecule has 1 N–H and O–H groups in total. The van der Waals surface area contributed by atoms with Crippen molar-refractivity contribution in [2.24, 2.45) is 0 Å². The van der Waals surface area contributed by atoms with Gasteiger partial charge in [0.05, 0.1) is 6.54 Å². The lowest BCUT2D eigenvalue weighted by Crippen LogP contribution is -2.18. The Kier molecular flexibility index (Phi) is 4.53. The van der Waals surface area contributed by atoms with Crippen LogP contribution in [0.4, 0.5) is 5.69 Å². The Morgan fingerprint density at radius 2 is 1.70 bits per heavy atom. The zero-order chi connectivity index (χ0) is 20.3. The summed E-state index contributed by atoms with van der Waals surface area (Å²) in [5.74, 6) is 0.413. The van der Waals surface area contributed by atoms with Crippen LogP contribution in [-0.4, -0.2) is 30.3 Å². The van der Waals surface area contributed by atoms with Crippen molar-refractivity contribution in [3.63, 3.8) is 0 Å². The van der Waals surface area contributed by atoms with Crippen molar-refractivity contribution in [1.82, 2.24) is 24.4 Å². The predicted molar refractivity (Wildman–Crippen MR) is 114 cm³/mol. The normalized spacial score (nSPS) is 10.9. The van der Waals surface area contributed by atoms with Crippen molar-refractivity contribution in [3.05, 3.63) is 103 Å². The molecule has 5 aromatic rings. The Labute approximate surface area is 172 Å². The SMILES string of the molecule is O=C(Nc1ccn2nc(-c3ccccc3)nc2c1)c1ccnn1Cc1ccccc1. The van der Waals surface area contributed by atoms with Crippen LogP contribution in [0.2, 0.25) is 0 Å². The van der Waals surface area contributed by atoms with Crippen LogP contribution in [0.25, 0.3) is 17.0 Å². The fourth-order valence-electron chi connectivity index (χ4n) is 3.27. The molecular formula is C23H18N6O. The first-order chi connectivity index (χ1) is 14.8. The quantitative estimate of drug-likeness (QED) is 0.491. The lowest BCUT2D eigenvalue weighted by molar-refractivity contribution is 0.101. The third-order valence-corrected chi connectivity index (χ3v) is 4.75. The number of benzene rings is 2. The van der Waals surface area contributed by atoms with Gasteiger partial charge >= 0.3 is 0 Å². The number of nitrogens with one attached hydrogen (secondary N) is 1. The molecule has 0 unspecified atom stereocenters. The van der Waals surface area contributed by atoms with Crippen molar-refractivity contribution < 1.29 is 4.79 Å². The minimum Gasteiger partial charge on any atom is -0.320 e. The maximum absolute atomic E-state index is 12.8. The molecule has 3 heterocycles. The van der Waals surface area contributed by atoms with Gasteiger partial charge in [-0.1, -0.05) is 60.7 Å². The van der Waals surface area contributed by atoms with Gasteiger partial charge in [-0.3, -0.25) is 9.48 Å². The van der Waals surface area contributed by atoms with Crippen molar-refractivity contribution in [1.29, 1.82) is 0 Å². The van der Waals surface area contributed by atoms with Crippen LogP contribution >= 0.6 is 0 Å². The summed E-state index contributed by atoms with van der Waals surface area (Å²) < 4.78 is 3.38. The van der Waals surface area contributed by atoms with Gasteiger partial charge < -0.3 is 5.32 Å². The molecule has 3 aromatic heterocycles. The maximum Gasteiger partial charge on any atom is 0.273 e. The second kappa shape index (κ2) is 7.63. The number of amides is 1. The zero-order valence-corrected chi connectivity index (χ0v) is 16.0. The predicted octanol–water partition coefficient (Wildman–Crippen LogP) is 3.89. The number of rotatable bonds is 5. The van der Waals surface area contributed by atoms with Gasteiger partial charge in [0.15, 0.2) is 11.5 Å². The fraction of sp³-hybridized carbons (Fsp3) is 0.0435. The van der Waals surface area contributed by atoms with Crippen LogP contribution in [0, 0.1) is 0 Å². The molecule has 0 aliphatic rings. The highest BCUT2D eigenvalue weighted by molar-refractivity contribution is 6.03. The van der Waals surface area contributed by atoms with E-state index in [1.54, 1.807) is 39.8 Å². The molecule has 0 atom stereocenters. The number of hydrogen-bond acceptors (Lipinski definition) is 4. The van der Waals surface area contributed by atoms with Crippen LogP contribution in [0.1, 0.15) is 16.1 Å². The second-order valence-electron chi connectivity index (χ2n) is 6.83. The Balaban J connectivity index is 1.37. The monoisotopic (exact) mass is 394 g/mol. The molecule has 0 saturated heterocycles. The van der Waals surface area contributed by atoms with Gasteiger partial charge in [-0.05, 0) is 17.7 Å². The van der Waals surface area contributed by atoms with E-state index in [1.807, 2.05) is 60.7 Å². The summed E-state index contributed by atoms with van der Waals surface area (Å²) in [4.78, 5) is 17.4. The number of anilines is 1. The first-order valence-electron chi connectivity index (χ1n) is 9.55. The molecule has 0 aliphatic carbocycles. The molecule has 1 amide bonds. The third kappa shape index (κ3) is 3.56. The summed E-state index contributed by atoms with van der Waals surface area (Å²) in [5.41, 5.74) is 3.81. The average molecular weight is 394 g/mol. The van der Waals surface area contributed by atoms with Gasteiger partial charge in [-0.25, -0.2) is 9.50 Å². The number of fused-ring (bicyclic) bond motifs is 1. The van der Waals surface area contributed by atoms with E-state index in [1.165, 1.54) is 0 Å². The number of hydrogen-bond donors (Lipinski definition) is 1. The molecule has 0 saturated carbocycles. The Morgan fingerprint density at radius 1 is 0.933 bits per heavy atom. The van der Waals surface area contributed by atoms with E-state index >= 15 is 0 Å². The number of aromatic nitrogens is 5. The highest BCUT2D eigenvalue weighted by atomic mass is 16.2. The Morgan fingerprint density at radius 3 is 2.50 bits per heavy atom. The van der Waals surface area contributed by atoms with E-state index in [4.69, 9.17) is 0 Å². The molecule has 0 bridgehead atoms. The third-order valence-electron chi connectivity index (χ3n) is 4.75. The summed E-state index contributed by atoms with van der Waals surface area (Å²) >= 11 is 0. The van der Waals surface area contributed by atoms with E-state index in [0.29, 0.717) is 29.4 Å². The zero-order valence-electron chi connectivity index (χ0n) is 16.0. The van der Waals surface area contributed by atoms with Gasteiger partial charge in [0.25, 0.3) is 5.91 Å². The van der Waals surface area contributed by atoms with E-state index < -0.39 is 0 Å². The smallest absolute Gasteiger partial charge is 0.273 e. The lowest BCUT2D eigenvalue weighted by atomic mass is 10.2. The minimum atomic E-state index is -0.226. The average Bonchev–Trinajstić information content (AvgIpc) is 3.42. The summed E-state index contributed by atoms with van der Waals surface area (Å²) in [6, 6.07) is 25.0. The maximum atomic E-state index is 12.8. The van der Waals surface area contributed by atoms with Gasteiger partial charge in [0, 0.05) is 29.7 Å². The molecule has 0 radical (unpaired) electrons. The Bertz CT molecular complexity index is 1310. The van der Waals surface area contributed by atoms with Gasteiger partial charge in [-0.2, -0.15) is 5.10 Å².